The Morgan fingerprint density at radius 1 is 1.11 bits per heavy atom. The number of carbonyl (C=O) groups excluding carboxylic acids is 1. The quantitative estimate of drug-likeness (QED) is 0.786. The van der Waals surface area contributed by atoms with Gasteiger partial charge in [0.25, 0.3) is 0 Å². The lowest BCUT2D eigenvalue weighted by Crippen LogP contribution is -2.58. The largest absolute Gasteiger partial charge is 0.497 e. The fraction of sp³-hybridized carbons (Fsp3) is 0.696. The molecular formula is C23H37N3O2. The number of hydrogen-bond acceptors (Lipinski definition) is 3. The maximum absolute atomic E-state index is 12.8. The van der Waals surface area contributed by atoms with Gasteiger partial charge < -0.3 is 15.0 Å². The van der Waals surface area contributed by atoms with E-state index >= 15 is 0 Å². The van der Waals surface area contributed by atoms with Crippen LogP contribution in [0.15, 0.2) is 24.3 Å². The van der Waals surface area contributed by atoms with Gasteiger partial charge in [-0.3, -0.25) is 4.90 Å². The van der Waals surface area contributed by atoms with Gasteiger partial charge >= 0.3 is 6.03 Å². The van der Waals surface area contributed by atoms with Gasteiger partial charge in [0, 0.05) is 36.8 Å². The van der Waals surface area contributed by atoms with E-state index in [0.717, 1.165) is 25.1 Å². The number of nitrogens with zero attached hydrogens (tertiary/aromatic N) is 2. The molecule has 1 aromatic carbocycles. The van der Waals surface area contributed by atoms with Crippen LogP contribution in [-0.2, 0) is 6.54 Å². The van der Waals surface area contributed by atoms with E-state index in [2.05, 4.69) is 50.0 Å². The monoisotopic (exact) mass is 387 g/mol. The third-order valence-corrected chi connectivity index (χ3v) is 6.32. The highest BCUT2D eigenvalue weighted by Crippen LogP contribution is 2.35. The van der Waals surface area contributed by atoms with Gasteiger partial charge in [0.2, 0.25) is 0 Å². The number of piperidine rings is 2. The molecule has 156 valence electrons. The van der Waals surface area contributed by atoms with Gasteiger partial charge in [0.15, 0.2) is 0 Å². The van der Waals surface area contributed by atoms with E-state index in [-0.39, 0.29) is 24.2 Å². The molecule has 0 radical (unpaired) electrons. The summed E-state index contributed by atoms with van der Waals surface area (Å²) in [5.74, 6) is 0.908. The molecule has 28 heavy (non-hydrogen) atoms. The lowest BCUT2D eigenvalue weighted by atomic mass is 9.81. The van der Waals surface area contributed by atoms with Gasteiger partial charge in [-0.2, -0.15) is 0 Å². The molecule has 2 saturated heterocycles. The van der Waals surface area contributed by atoms with Crippen LogP contribution in [0.4, 0.5) is 4.79 Å². The predicted octanol–water partition coefficient (Wildman–Crippen LogP) is 4.41. The van der Waals surface area contributed by atoms with Crippen molar-refractivity contribution in [2.24, 2.45) is 0 Å². The van der Waals surface area contributed by atoms with Gasteiger partial charge in [0.1, 0.15) is 5.75 Å². The number of carbonyl (C=O) groups is 1. The molecule has 3 atom stereocenters. The van der Waals surface area contributed by atoms with Crippen molar-refractivity contribution < 1.29 is 9.53 Å². The summed E-state index contributed by atoms with van der Waals surface area (Å²) in [7, 11) is 1.71. The molecule has 2 aliphatic rings. The van der Waals surface area contributed by atoms with Crippen LogP contribution in [0, 0.1) is 0 Å². The van der Waals surface area contributed by atoms with Gasteiger partial charge in [-0.05, 0) is 71.1 Å². The van der Waals surface area contributed by atoms with Gasteiger partial charge in [0.05, 0.1) is 7.11 Å². The second-order valence-corrected chi connectivity index (χ2v) is 8.97. The summed E-state index contributed by atoms with van der Waals surface area (Å²) in [6, 6.07) is 10.4. The third kappa shape index (κ3) is 4.80. The molecule has 2 aliphatic heterocycles. The van der Waals surface area contributed by atoms with Crippen LogP contribution in [-0.4, -0.2) is 53.1 Å². The first-order chi connectivity index (χ1) is 13.4. The highest BCUT2D eigenvalue weighted by atomic mass is 16.5. The zero-order chi connectivity index (χ0) is 20.3. The number of nitrogens with one attached hydrogen (secondary N) is 1. The van der Waals surface area contributed by atoms with E-state index in [0.29, 0.717) is 12.1 Å². The van der Waals surface area contributed by atoms with Crippen LogP contribution in [0.2, 0.25) is 0 Å². The van der Waals surface area contributed by atoms with Crippen LogP contribution >= 0.6 is 0 Å². The number of benzene rings is 1. The summed E-state index contributed by atoms with van der Waals surface area (Å²) >= 11 is 0. The van der Waals surface area contributed by atoms with Gasteiger partial charge in [-0.25, -0.2) is 4.79 Å². The lowest BCUT2D eigenvalue weighted by molar-refractivity contribution is 0.0181. The van der Waals surface area contributed by atoms with Crippen molar-refractivity contribution >= 4 is 6.03 Å². The smallest absolute Gasteiger partial charge is 0.318 e. The summed E-state index contributed by atoms with van der Waals surface area (Å²) in [5.41, 5.74) is 1.34. The number of fused-ring (bicyclic) bond motifs is 2. The van der Waals surface area contributed by atoms with Crippen molar-refractivity contribution in [2.45, 2.75) is 96.6 Å². The summed E-state index contributed by atoms with van der Waals surface area (Å²) < 4.78 is 5.28. The summed E-state index contributed by atoms with van der Waals surface area (Å²) in [4.78, 5) is 17.5. The topological polar surface area (TPSA) is 44.8 Å². The van der Waals surface area contributed by atoms with E-state index in [1.165, 1.54) is 24.8 Å². The Hall–Kier alpha value is -1.75. The SMILES string of the molecule is COc1ccc(CN2[C@@H]3CCC[C@H]2CC(NC(=O)N(C(C)C)C(C)C)C3)cc1. The minimum Gasteiger partial charge on any atom is -0.497 e. The molecule has 2 amide bonds. The summed E-state index contributed by atoms with van der Waals surface area (Å²) in [5, 5.41) is 3.35. The molecule has 0 saturated carbocycles. The number of ether oxygens (including phenoxy) is 1. The first-order valence-corrected chi connectivity index (χ1v) is 10.9. The Morgan fingerprint density at radius 2 is 1.68 bits per heavy atom. The molecule has 2 bridgehead atoms. The fourth-order valence-electron chi connectivity index (χ4n) is 5.11. The van der Waals surface area contributed by atoms with Crippen molar-refractivity contribution in [3.05, 3.63) is 29.8 Å². The molecule has 2 heterocycles. The molecule has 0 spiro atoms. The zero-order valence-corrected chi connectivity index (χ0v) is 18.1. The summed E-state index contributed by atoms with van der Waals surface area (Å²) in [6.45, 7) is 9.35. The normalized spacial score (nSPS) is 25.0. The van der Waals surface area contributed by atoms with Crippen molar-refractivity contribution in [3.63, 3.8) is 0 Å². The molecule has 1 N–H and O–H groups in total. The maximum atomic E-state index is 12.8. The zero-order valence-electron chi connectivity index (χ0n) is 18.1. The van der Waals surface area contributed by atoms with Crippen molar-refractivity contribution in [1.82, 2.24) is 15.1 Å². The number of rotatable bonds is 6. The molecule has 5 nitrogen and oxygen atoms in total. The van der Waals surface area contributed by atoms with E-state index in [1.54, 1.807) is 7.11 Å². The second-order valence-electron chi connectivity index (χ2n) is 8.97. The standard InChI is InChI=1S/C23H37N3O2/c1-16(2)26(17(3)4)23(27)24-19-13-20-7-6-8-21(14-19)25(20)15-18-9-11-22(28-5)12-10-18/h9-12,16-17,19-21H,6-8,13-15H2,1-5H3,(H,24,27)/t19?,20-,21+. The Kier molecular flexibility index (Phi) is 6.86. The first-order valence-electron chi connectivity index (χ1n) is 10.9. The van der Waals surface area contributed by atoms with Gasteiger partial charge in [-0.15, -0.1) is 0 Å². The fourth-order valence-corrected chi connectivity index (χ4v) is 5.11. The Morgan fingerprint density at radius 3 is 2.18 bits per heavy atom. The van der Waals surface area contributed by atoms with Crippen LogP contribution in [0.25, 0.3) is 0 Å². The van der Waals surface area contributed by atoms with E-state index in [9.17, 15) is 4.79 Å². The number of urea groups is 1. The first kappa shape index (κ1) is 21.0. The molecule has 3 rings (SSSR count). The Bertz CT molecular complexity index is 622. The molecule has 2 fully saturated rings. The van der Waals surface area contributed by atoms with E-state index in [1.807, 2.05) is 17.0 Å². The van der Waals surface area contributed by atoms with Crippen molar-refractivity contribution in [2.75, 3.05) is 7.11 Å². The van der Waals surface area contributed by atoms with Gasteiger partial charge in [-0.1, -0.05) is 18.6 Å². The van der Waals surface area contributed by atoms with Crippen LogP contribution < -0.4 is 10.1 Å². The number of amides is 2. The minimum absolute atomic E-state index is 0.0941. The van der Waals surface area contributed by atoms with Crippen molar-refractivity contribution in [1.29, 1.82) is 0 Å². The van der Waals surface area contributed by atoms with E-state index in [4.69, 9.17) is 4.74 Å². The molecule has 1 aromatic rings. The summed E-state index contributed by atoms with van der Waals surface area (Å²) in [6.07, 6.45) is 5.89. The molecule has 5 heteroatoms. The number of hydrogen-bond donors (Lipinski definition) is 1. The van der Waals surface area contributed by atoms with E-state index < -0.39 is 0 Å². The van der Waals surface area contributed by atoms with Crippen LogP contribution in [0.1, 0.15) is 65.4 Å². The maximum Gasteiger partial charge on any atom is 0.318 e. The lowest BCUT2D eigenvalue weighted by Gasteiger charge is -2.49. The highest BCUT2D eigenvalue weighted by Gasteiger charge is 2.39. The third-order valence-electron chi connectivity index (χ3n) is 6.32. The molecule has 0 aromatic heterocycles. The molecule has 0 aliphatic carbocycles. The average Bonchev–Trinajstić information content (AvgIpc) is 2.62. The van der Waals surface area contributed by atoms with Crippen LogP contribution in [0.3, 0.4) is 0 Å². The van der Waals surface area contributed by atoms with Crippen LogP contribution in [0.5, 0.6) is 5.75 Å². The average molecular weight is 388 g/mol. The Balaban J connectivity index is 1.63. The Labute approximate surface area is 170 Å². The predicted molar refractivity (Wildman–Crippen MR) is 114 cm³/mol. The second kappa shape index (κ2) is 9.17. The highest BCUT2D eigenvalue weighted by molar-refractivity contribution is 5.75. The molecule has 1 unspecified atom stereocenters. The molecular weight excluding hydrogens is 350 g/mol. The number of methoxy groups -OCH3 is 1. The van der Waals surface area contributed by atoms with Crippen molar-refractivity contribution in [3.8, 4) is 5.75 Å². The minimum atomic E-state index is 0.0941.